The predicted molar refractivity (Wildman–Crippen MR) is 56.6 cm³/mol. The number of anilines is 1. The molecule has 0 saturated heterocycles. The maximum atomic E-state index is 11.4. The fourth-order valence-corrected chi connectivity index (χ4v) is 1.94. The van der Waals surface area contributed by atoms with Crippen molar-refractivity contribution in [3.63, 3.8) is 0 Å². The quantitative estimate of drug-likeness (QED) is 0.787. The molecule has 0 spiro atoms. The van der Waals surface area contributed by atoms with E-state index in [4.69, 9.17) is 0 Å². The van der Waals surface area contributed by atoms with Crippen molar-refractivity contribution in [3.05, 3.63) is 11.1 Å². The van der Waals surface area contributed by atoms with Gasteiger partial charge in [0.25, 0.3) is 0 Å². The molecule has 1 aliphatic rings. The van der Waals surface area contributed by atoms with Crippen LogP contribution in [0.4, 0.5) is 9.93 Å². The lowest BCUT2D eigenvalue weighted by molar-refractivity contribution is 0.240. The molecule has 0 aromatic carbocycles. The van der Waals surface area contributed by atoms with E-state index in [2.05, 4.69) is 15.6 Å². The van der Waals surface area contributed by atoms with Crippen LogP contribution in [0.2, 0.25) is 0 Å². The van der Waals surface area contributed by atoms with Gasteiger partial charge in [-0.1, -0.05) is 0 Å². The van der Waals surface area contributed by atoms with Crippen LogP contribution in [0.5, 0.6) is 0 Å². The van der Waals surface area contributed by atoms with Crippen LogP contribution in [0.15, 0.2) is 6.20 Å². The minimum atomic E-state index is -0.135. The summed E-state index contributed by atoms with van der Waals surface area (Å²) in [5.74, 6) is 0. The molecule has 0 radical (unpaired) electrons. The first-order chi connectivity index (χ1) is 6.74. The van der Waals surface area contributed by atoms with Gasteiger partial charge in [-0.25, -0.2) is 9.78 Å². The Morgan fingerprint density at radius 1 is 1.64 bits per heavy atom. The van der Waals surface area contributed by atoms with Crippen molar-refractivity contribution < 1.29 is 4.79 Å². The molecule has 0 atom stereocenters. The molecule has 2 N–H and O–H groups in total. The molecule has 1 heterocycles. The Hall–Kier alpha value is -1.10. The van der Waals surface area contributed by atoms with Gasteiger partial charge < -0.3 is 5.32 Å². The smallest absolute Gasteiger partial charge is 0.321 e. The molecule has 1 saturated carbocycles. The number of nitrogens with one attached hydrogen (secondary N) is 2. The lowest BCUT2D eigenvalue weighted by Gasteiger charge is -2.26. The average Bonchev–Trinajstić information content (AvgIpc) is 2.44. The largest absolute Gasteiger partial charge is 0.335 e. The van der Waals surface area contributed by atoms with Gasteiger partial charge in [0.05, 0.1) is 0 Å². The molecule has 0 bridgehead atoms. The molecule has 0 unspecified atom stereocenters. The number of nitrogens with zero attached hydrogens (tertiary/aromatic N) is 1. The third kappa shape index (κ3) is 2.23. The summed E-state index contributed by atoms with van der Waals surface area (Å²) in [4.78, 5) is 16.5. The lowest BCUT2D eigenvalue weighted by Crippen LogP contribution is -2.41. The van der Waals surface area contributed by atoms with Gasteiger partial charge >= 0.3 is 6.03 Å². The fourth-order valence-electron chi connectivity index (χ4n) is 1.28. The molecular formula is C9H13N3OS. The van der Waals surface area contributed by atoms with Crippen LogP contribution >= 0.6 is 11.3 Å². The highest BCUT2D eigenvalue weighted by molar-refractivity contribution is 7.15. The predicted octanol–water partition coefficient (Wildman–Crippen LogP) is 2.13. The average molecular weight is 211 g/mol. The van der Waals surface area contributed by atoms with Crippen molar-refractivity contribution >= 4 is 22.5 Å². The number of thiazole rings is 1. The number of aryl methyl sites for hydroxylation is 1. The fraction of sp³-hybridized carbons (Fsp3) is 0.556. The SMILES string of the molecule is Cc1cnc(NC(=O)NC2CCC2)s1. The molecule has 14 heavy (non-hydrogen) atoms. The second-order valence-electron chi connectivity index (χ2n) is 3.50. The minimum Gasteiger partial charge on any atom is -0.335 e. The monoisotopic (exact) mass is 211 g/mol. The van der Waals surface area contributed by atoms with Crippen LogP contribution < -0.4 is 10.6 Å². The zero-order valence-electron chi connectivity index (χ0n) is 8.04. The molecule has 76 valence electrons. The zero-order chi connectivity index (χ0) is 9.97. The van der Waals surface area contributed by atoms with E-state index < -0.39 is 0 Å². The molecule has 2 amide bonds. The summed E-state index contributed by atoms with van der Waals surface area (Å²) in [5, 5.41) is 6.28. The first-order valence-electron chi connectivity index (χ1n) is 4.74. The Bertz CT molecular complexity index is 333. The Morgan fingerprint density at radius 3 is 2.93 bits per heavy atom. The first-order valence-corrected chi connectivity index (χ1v) is 5.55. The van der Waals surface area contributed by atoms with Gasteiger partial charge in [0, 0.05) is 17.1 Å². The number of carbonyl (C=O) groups is 1. The molecule has 1 aromatic heterocycles. The van der Waals surface area contributed by atoms with Crippen LogP contribution in [0.3, 0.4) is 0 Å². The van der Waals surface area contributed by atoms with E-state index in [1.165, 1.54) is 17.8 Å². The van der Waals surface area contributed by atoms with Crippen molar-refractivity contribution in [1.82, 2.24) is 10.3 Å². The minimum absolute atomic E-state index is 0.135. The summed E-state index contributed by atoms with van der Waals surface area (Å²) >= 11 is 1.49. The maximum Gasteiger partial charge on any atom is 0.321 e. The Labute approximate surface area is 86.7 Å². The summed E-state index contributed by atoms with van der Waals surface area (Å²) in [6.07, 6.45) is 5.18. The number of urea groups is 1. The molecule has 2 rings (SSSR count). The van der Waals surface area contributed by atoms with Crippen molar-refractivity contribution in [2.24, 2.45) is 0 Å². The second kappa shape index (κ2) is 3.96. The number of hydrogen-bond donors (Lipinski definition) is 2. The molecular weight excluding hydrogens is 198 g/mol. The number of carbonyl (C=O) groups excluding carboxylic acids is 1. The van der Waals surface area contributed by atoms with Crippen molar-refractivity contribution in [2.45, 2.75) is 32.2 Å². The van der Waals surface area contributed by atoms with Crippen molar-refractivity contribution in [2.75, 3.05) is 5.32 Å². The van der Waals surface area contributed by atoms with E-state index in [1.54, 1.807) is 6.20 Å². The van der Waals surface area contributed by atoms with Gasteiger partial charge in [-0.15, -0.1) is 11.3 Å². The van der Waals surface area contributed by atoms with E-state index in [9.17, 15) is 4.79 Å². The molecule has 1 aliphatic carbocycles. The first kappa shape index (κ1) is 9.45. The molecule has 1 fully saturated rings. The van der Waals surface area contributed by atoms with Gasteiger partial charge in [0.15, 0.2) is 5.13 Å². The van der Waals surface area contributed by atoms with E-state index in [1.807, 2.05) is 6.92 Å². The number of aromatic nitrogens is 1. The Balaban J connectivity index is 1.81. The standard InChI is InChI=1S/C9H13N3OS/c1-6-5-10-9(14-6)12-8(13)11-7-3-2-4-7/h5,7H,2-4H2,1H3,(H2,10,11,12,13). The van der Waals surface area contributed by atoms with Crippen molar-refractivity contribution in [1.29, 1.82) is 0 Å². The van der Waals surface area contributed by atoms with Gasteiger partial charge in [0.1, 0.15) is 0 Å². The highest BCUT2D eigenvalue weighted by atomic mass is 32.1. The van der Waals surface area contributed by atoms with Crippen LogP contribution in [0.1, 0.15) is 24.1 Å². The number of amides is 2. The number of rotatable bonds is 2. The maximum absolute atomic E-state index is 11.4. The lowest BCUT2D eigenvalue weighted by atomic mass is 9.93. The summed E-state index contributed by atoms with van der Waals surface area (Å²) in [6.45, 7) is 1.96. The third-order valence-corrected chi connectivity index (χ3v) is 3.11. The summed E-state index contributed by atoms with van der Waals surface area (Å²) in [6, 6.07) is 0.236. The van der Waals surface area contributed by atoms with Crippen LogP contribution in [-0.4, -0.2) is 17.1 Å². The molecule has 5 heteroatoms. The second-order valence-corrected chi connectivity index (χ2v) is 4.74. The normalized spacial score (nSPS) is 16.1. The third-order valence-electron chi connectivity index (χ3n) is 2.28. The van der Waals surface area contributed by atoms with Gasteiger partial charge in [-0.2, -0.15) is 0 Å². The topological polar surface area (TPSA) is 54.0 Å². The zero-order valence-corrected chi connectivity index (χ0v) is 8.86. The summed E-state index contributed by atoms with van der Waals surface area (Å²) in [7, 11) is 0. The van der Waals surface area contributed by atoms with Gasteiger partial charge in [-0.05, 0) is 26.2 Å². The number of hydrogen-bond acceptors (Lipinski definition) is 3. The van der Waals surface area contributed by atoms with Crippen LogP contribution in [0, 0.1) is 6.92 Å². The highest BCUT2D eigenvalue weighted by Crippen LogP contribution is 2.19. The summed E-state index contributed by atoms with van der Waals surface area (Å²) < 4.78 is 0. The molecule has 1 aromatic rings. The van der Waals surface area contributed by atoms with E-state index in [0.717, 1.165) is 17.7 Å². The summed E-state index contributed by atoms with van der Waals surface area (Å²) in [5.41, 5.74) is 0. The Morgan fingerprint density at radius 2 is 2.43 bits per heavy atom. The van der Waals surface area contributed by atoms with Crippen LogP contribution in [0.25, 0.3) is 0 Å². The molecule has 4 nitrogen and oxygen atoms in total. The Kier molecular flexibility index (Phi) is 2.67. The van der Waals surface area contributed by atoms with Gasteiger partial charge in [0.2, 0.25) is 0 Å². The van der Waals surface area contributed by atoms with Crippen LogP contribution in [-0.2, 0) is 0 Å². The van der Waals surface area contributed by atoms with Crippen molar-refractivity contribution in [3.8, 4) is 0 Å². The van der Waals surface area contributed by atoms with E-state index >= 15 is 0 Å². The molecule has 0 aliphatic heterocycles. The van der Waals surface area contributed by atoms with E-state index in [0.29, 0.717) is 11.2 Å². The van der Waals surface area contributed by atoms with Gasteiger partial charge in [-0.3, -0.25) is 5.32 Å². The van der Waals surface area contributed by atoms with E-state index in [-0.39, 0.29) is 6.03 Å². The highest BCUT2D eigenvalue weighted by Gasteiger charge is 2.19.